The number of rotatable bonds is 3. The summed E-state index contributed by atoms with van der Waals surface area (Å²) in [4.78, 5) is 18.0. The van der Waals surface area contributed by atoms with Gasteiger partial charge >= 0.3 is 0 Å². The number of aliphatic hydroxyl groups excluding tert-OH is 2. The molecule has 0 spiro atoms. The largest absolute Gasteiger partial charge is 0.481 e. The maximum absolute atomic E-state index is 9.00. The van der Waals surface area contributed by atoms with Crippen LogP contribution >= 0.6 is 0 Å². The Morgan fingerprint density at radius 3 is 1.07 bits per heavy atom. The fourth-order valence-electron chi connectivity index (χ4n) is 0.224. The molecule has 0 aromatic carbocycles. The summed E-state index contributed by atoms with van der Waals surface area (Å²) in [5.41, 5.74) is 0. The van der Waals surface area contributed by atoms with Crippen LogP contribution in [0.25, 0.3) is 0 Å². The van der Waals surface area contributed by atoms with Gasteiger partial charge in [0.1, 0.15) is 0 Å². The van der Waals surface area contributed by atoms with E-state index in [-0.39, 0.29) is 13.2 Å². The predicted octanol–water partition coefficient (Wildman–Crippen LogP) is -0.0670. The molecule has 0 aliphatic carbocycles. The van der Waals surface area contributed by atoms with Gasteiger partial charge in [0.05, 0.1) is 0 Å². The maximum Gasteiger partial charge on any atom is 0.300 e. The van der Waals surface area contributed by atoms with Crippen molar-refractivity contribution in [2.75, 3.05) is 13.2 Å². The molecule has 0 fully saturated rings. The van der Waals surface area contributed by atoms with Gasteiger partial charge in [-0.1, -0.05) is 0 Å². The molecule has 4 N–H and O–H groups in total. The summed E-state index contributed by atoms with van der Waals surface area (Å²) in [5, 5.41) is 31.0. The average Bonchev–Trinajstić information content (AvgIpc) is 1.98. The van der Waals surface area contributed by atoms with E-state index in [9.17, 15) is 0 Å². The minimum Gasteiger partial charge on any atom is -0.481 e. The zero-order valence-electron chi connectivity index (χ0n) is 8.43. The van der Waals surface area contributed by atoms with Crippen molar-refractivity contribution in [1.29, 1.82) is 0 Å². The van der Waals surface area contributed by atoms with Gasteiger partial charge in [-0.05, 0) is 12.8 Å². The van der Waals surface area contributed by atoms with Crippen molar-refractivity contribution < 1.29 is 30.0 Å². The molecule has 0 amide bonds. The fourth-order valence-corrected chi connectivity index (χ4v) is 0.224. The third-order valence-corrected chi connectivity index (χ3v) is 0.566. The van der Waals surface area contributed by atoms with Crippen molar-refractivity contribution in [3.63, 3.8) is 0 Å². The Balaban J connectivity index is -0.000000135. The number of aliphatic hydroxyl groups is 2. The Bertz CT molecular complexity index is 110. The van der Waals surface area contributed by atoms with Crippen LogP contribution in [0.15, 0.2) is 0 Å². The molecule has 0 rings (SSSR count). The van der Waals surface area contributed by atoms with Crippen LogP contribution < -0.4 is 0 Å². The van der Waals surface area contributed by atoms with Crippen molar-refractivity contribution in [3.8, 4) is 0 Å². The highest BCUT2D eigenvalue weighted by Crippen LogP contribution is 1.80. The highest BCUT2D eigenvalue weighted by atomic mass is 16.4. The number of hydrogen-bond donors (Lipinski definition) is 4. The second kappa shape index (κ2) is 17.8. The molecule has 0 saturated heterocycles. The zero-order valence-corrected chi connectivity index (χ0v) is 8.43. The summed E-state index contributed by atoms with van der Waals surface area (Å²) < 4.78 is 0. The molecule has 0 aliphatic heterocycles. The maximum atomic E-state index is 9.00. The van der Waals surface area contributed by atoms with E-state index in [1.54, 1.807) is 0 Å². The molecule has 6 nitrogen and oxygen atoms in total. The Kier molecular flexibility index (Phi) is 23.7. The van der Waals surface area contributed by atoms with Crippen LogP contribution in [-0.4, -0.2) is 45.6 Å². The normalized spacial score (nSPS) is 7.43. The number of aliphatic carboxylic acids is 2. The van der Waals surface area contributed by atoms with E-state index in [0.717, 1.165) is 26.7 Å². The van der Waals surface area contributed by atoms with E-state index >= 15 is 0 Å². The molecule has 0 saturated carbocycles. The van der Waals surface area contributed by atoms with Crippen LogP contribution in [0.4, 0.5) is 0 Å². The highest BCUT2D eigenvalue weighted by molar-refractivity contribution is 5.63. The van der Waals surface area contributed by atoms with Gasteiger partial charge in [0.15, 0.2) is 0 Å². The van der Waals surface area contributed by atoms with Gasteiger partial charge in [-0.25, -0.2) is 0 Å². The van der Waals surface area contributed by atoms with Crippen LogP contribution in [0.5, 0.6) is 0 Å². The van der Waals surface area contributed by atoms with E-state index < -0.39 is 11.9 Å². The first kappa shape index (κ1) is 18.6. The van der Waals surface area contributed by atoms with Crippen molar-refractivity contribution >= 4 is 11.9 Å². The van der Waals surface area contributed by atoms with Crippen LogP contribution in [-0.2, 0) is 9.59 Å². The summed E-state index contributed by atoms with van der Waals surface area (Å²) in [6.45, 7) is 2.56. The number of carboxylic acid groups (broad SMARTS) is 2. The van der Waals surface area contributed by atoms with Crippen LogP contribution in [0.3, 0.4) is 0 Å². The topological polar surface area (TPSA) is 115 Å². The number of unbranched alkanes of at least 4 members (excludes halogenated alkanes) is 1. The first-order chi connectivity index (χ1) is 6.38. The SMILES string of the molecule is CC(=O)O.CC(=O)O.OCCCCO. The first-order valence-corrected chi connectivity index (χ1v) is 3.99. The molecule has 0 bridgehead atoms. The second-order valence-corrected chi connectivity index (χ2v) is 2.19. The molecule has 0 aromatic rings. The van der Waals surface area contributed by atoms with E-state index in [2.05, 4.69) is 0 Å². The third-order valence-electron chi connectivity index (χ3n) is 0.566. The molecular weight excluding hydrogens is 192 g/mol. The molecule has 0 aromatic heterocycles. The molecule has 0 heterocycles. The minimum absolute atomic E-state index is 0.195. The highest BCUT2D eigenvalue weighted by Gasteiger charge is 1.77. The summed E-state index contributed by atoms with van der Waals surface area (Å²) in [7, 11) is 0. The van der Waals surface area contributed by atoms with E-state index in [1.807, 2.05) is 0 Å². The van der Waals surface area contributed by atoms with E-state index in [4.69, 9.17) is 30.0 Å². The lowest BCUT2D eigenvalue weighted by Gasteiger charge is -1.85. The second-order valence-electron chi connectivity index (χ2n) is 2.19. The lowest BCUT2D eigenvalue weighted by Crippen LogP contribution is -1.85. The third kappa shape index (κ3) is 305. The summed E-state index contributed by atoms with van der Waals surface area (Å²) >= 11 is 0. The molecule has 0 unspecified atom stereocenters. The van der Waals surface area contributed by atoms with Gasteiger partial charge < -0.3 is 20.4 Å². The Labute approximate surface area is 82.8 Å². The summed E-state index contributed by atoms with van der Waals surface area (Å²) in [6.07, 6.45) is 1.44. The molecule has 6 heteroatoms. The van der Waals surface area contributed by atoms with Crippen LogP contribution in [0, 0.1) is 0 Å². The standard InChI is InChI=1S/C4H10O2.2C2H4O2/c5-3-1-2-4-6;2*1-2(3)4/h5-6H,1-4H2;2*1H3,(H,3,4). The van der Waals surface area contributed by atoms with Crippen LogP contribution in [0.2, 0.25) is 0 Å². The molecule has 0 aliphatic rings. The smallest absolute Gasteiger partial charge is 0.300 e. The zero-order chi connectivity index (χ0) is 12.0. The molecular formula is C8H18O6. The van der Waals surface area contributed by atoms with Crippen molar-refractivity contribution in [1.82, 2.24) is 0 Å². The number of carboxylic acids is 2. The van der Waals surface area contributed by atoms with Gasteiger partial charge in [-0.3, -0.25) is 9.59 Å². The summed E-state index contributed by atoms with van der Waals surface area (Å²) in [5.74, 6) is -1.67. The molecule has 14 heavy (non-hydrogen) atoms. The minimum atomic E-state index is -0.833. The van der Waals surface area contributed by atoms with Gasteiger partial charge in [-0.15, -0.1) is 0 Å². The monoisotopic (exact) mass is 210 g/mol. The molecule has 0 radical (unpaired) electrons. The van der Waals surface area contributed by atoms with Crippen molar-refractivity contribution in [2.45, 2.75) is 26.7 Å². The molecule has 86 valence electrons. The number of hydrogen-bond acceptors (Lipinski definition) is 4. The Morgan fingerprint density at radius 2 is 1.00 bits per heavy atom. The average molecular weight is 210 g/mol. The lowest BCUT2D eigenvalue weighted by atomic mass is 10.3. The Morgan fingerprint density at radius 1 is 0.857 bits per heavy atom. The number of carbonyl (C=O) groups is 2. The quantitative estimate of drug-likeness (QED) is 0.485. The van der Waals surface area contributed by atoms with Gasteiger partial charge in [0.25, 0.3) is 11.9 Å². The summed E-state index contributed by atoms with van der Waals surface area (Å²) in [6, 6.07) is 0. The first-order valence-electron chi connectivity index (χ1n) is 3.99. The fraction of sp³-hybridized carbons (Fsp3) is 0.750. The van der Waals surface area contributed by atoms with Crippen molar-refractivity contribution in [3.05, 3.63) is 0 Å². The predicted molar refractivity (Wildman–Crippen MR) is 50.0 cm³/mol. The molecule has 0 atom stereocenters. The Hall–Kier alpha value is -1.14. The van der Waals surface area contributed by atoms with E-state index in [1.165, 1.54) is 0 Å². The van der Waals surface area contributed by atoms with Crippen LogP contribution in [0.1, 0.15) is 26.7 Å². The van der Waals surface area contributed by atoms with Gasteiger partial charge in [-0.2, -0.15) is 0 Å². The van der Waals surface area contributed by atoms with Gasteiger partial charge in [0.2, 0.25) is 0 Å². The van der Waals surface area contributed by atoms with E-state index in [0.29, 0.717) is 0 Å². The van der Waals surface area contributed by atoms with Crippen molar-refractivity contribution in [2.24, 2.45) is 0 Å². The lowest BCUT2D eigenvalue weighted by molar-refractivity contribution is -0.135. The van der Waals surface area contributed by atoms with Gasteiger partial charge in [0, 0.05) is 27.1 Å².